The van der Waals surface area contributed by atoms with Gasteiger partial charge in [0.25, 0.3) is 0 Å². The van der Waals surface area contributed by atoms with Crippen LogP contribution >= 0.6 is 23.2 Å². The summed E-state index contributed by atoms with van der Waals surface area (Å²) >= 11 is 11.7. The molecule has 0 aliphatic heterocycles. The number of sulfone groups is 1. The molecule has 0 aromatic heterocycles. The van der Waals surface area contributed by atoms with E-state index < -0.39 is 32.2 Å². The molecule has 3 aromatic rings. The van der Waals surface area contributed by atoms with Crippen LogP contribution in [0.3, 0.4) is 0 Å². The van der Waals surface area contributed by atoms with E-state index in [4.69, 9.17) is 27.9 Å². The van der Waals surface area contributed by atoms with E-state index in [0.29, 0.717) is 0 Å². The Kier molecular flexibility index (Phi) is 7.38. The topological polar surface area (TPSA) is 80.7 Å². The standard InChI is InChI=1S/C23H18Cl2O5S/c24-18-13-20(25)22(26)21(14-18)31(28,29)15-17-10-4-5-11-19(17)23(27)30-12-6-9-16-7-2-1-3-8-16/h1-11,13-14,26H,12,15H2/b9-6+. The van der Waals surface area contributed by atoms with Crippen LogP contribution in [0.2, 0.25) is 10.0 Å². The first-order chi connectivity index (χ1) is 14.8. The van der Waals surface area contributed by atoms with Gasteiger partial charge in [0.2, 0.25) is 0 Å². The average Bonchev–Trinajstić information content (AvgIpc) is 2.74. The van der Waals surface area contributed by atoms with Crippen molar-refractivity contribution in [2.45, 2.75) is 10.6 Å². The Morgan fingerprint density at radius 3 is 2.42 bits per heavy atom. The molecule has 1 N–H and O–H groups in total. The van der Waals surface area contributed by atoms with Crippen LogP contribution in [-0.4, -0.2) is 26.1 Å². The number of carbonyl (C=O) groups is 1. The Morgan fingerprint density at radius 2 is 1.68 bits per heavy atom. The highest BCUT2D eigenvalue weighted by Crippen LogP contribution is 2.35. The van der Waals surface area contributed by atoms with Crippen LogP contribution in [0, 0.1) is 0 Å². The second-order valence-electron chi connectivity index (χ2n) is 6.56. The largest absolute Gasteiger partial charge is 0.505 e. The van der Waals surface area contributed by atoms with E-state index in [1.807, 2.05) is 36.4 Å². The number of aromatic hydroxyl groups is 1. The molecule has 0 saturated carbocycles. The molecule has 0 aliphatic carbocycles. The van der Waals surface area contributed by atoms with Gasteiger partial charge in [-0.05, 0) is 35.4 Å². The highest BCUT2D eigenvalue weighted by atomic mass is 35.5. The monoisotopic (exact) mass is 476 g/mol. The number of halogens is 2. The Labute approximate surface area is 190 Å². The predicted molar refractivity (Wildman–Crippen MR) is 121 cm³/mol. The zero-order valence-electron chi connectivity index (χ0n) is 16.2. The van der Waals surface area contributed by atoms with Gasteiger partial charge in [-0.15, -0.1) is 0 Å². The number of phenolic OH excluding ortho intramolecular Hbond substituents is 1. The van der Waals surface area contributed by atoms with Gasteiger partial charge in [-0.25, -0.2) is 13.2 Å². The normalized spacial score (nSPS) is 11.5. The molecule has 0 amide bonds. The first kappa shape index (κ1) is 22.9. The zero-order valence-corrected chi connectivity index (χ0v) is 18.5. The van der Waals surface area contributed by atoms with Crippen LogP contribution < -0.4 is 0 Å². The lowest BCUT2D eigenvalue weighted by Gasteiger charge is -2.11. The summed E-state index contributed by atoms with van der Waals surface area (Å²) in [6, 6.07) is 18.1. The number of hydrogen-bond acceptors (Lipinski definition) is 5. The molecule has 5 nitrogen and oxygen atoms in total. The molecule has 3 rings (SSSR count). The third-order valence-electron chi connectivity index (χ3n) is 4.33. The number of ether oxygens (including phenoxy) is 1. The second-order valence-corrected chi connectivity index (χ2v) is 9.36. The van der Waals surface area contributed by atoms with Crippen molar-refractivity contribution in [2.24, 2.45) is 0 Å². The Hall–Kier alpha value is -2.80. The minimum absolute atomic E-state index is 0.0273. The fourth-order valence-electron chi connectivity index (χ4n) is 2.86. The quantitative estimate of drug-likeness (QED) is 0.452. The molecule has 31 heavy (non-hydrogen) atoms. The molecule has 8 heteroatoms. The zero-order chi connectivity index (χ0) is 22.4. The molecule has 0 bridgehead atoms. The van der Waals surface area contributed by atoms with Crippen molar-refractivity contribution >= 4 is 45.1 Å². The molecular weight excluding hydrogens is 459 g/mol. The minimum Gasteiger partial charge on any atom is -0.505 e. The van der Waals surface area contributed by atoms with Gasteiger partial charge in [0.05, 0.1) is 16.3 Å². The van der Waals surface area contributed by atoms with Crippen LogP contribution in [0.1, 0.15) is 21.5 Å². The lowest BCUT2D eigenvalue weighted by Crippen LogP contribution is -2.12. The summed E-state index contributed by atoms with van der Waals surface area (Å²) in [6.07, 6.45) is 3.51. The molecule has 0 atom stereocenters. The molecule has 0 radical (unpaired) electrons. The molecule has 3 aromatic carbocycles. The SMILES string of the molecule is O=C(OC/C=C/c1ccccc1)c1ccccc1CS(=O)(=O)c1cc(Cl)cc(Cl)c1O. The van der Waals surface area contributed by atoms with E-state index in [1.165, 1.54) is 18.2 Å². The second kappa shape index (κ2) is 10.0. The highest BCUT2D eigenvalue weighted by Gasteiger charge is 2.25. The van der Waals surface area contributed by atoms with Gasteiger partial charge >= 0.3 is 5.97 Å². The van der Waals surface area contributed by atoms with Crippen molar-refractivity contribution in [1.29, 1.82) is 0 Å². The summed E-state index contributed by atoms with van der Waals surface area (Å²) < 4.78 is 31.0. The van der Waals surface area contributed by atoms with Crippen LogP contribution in [0.15, 0.2) is 77.7 Å². The predicted octanol–water partition coefficient (Wildman–Crippen LogP) is 5.54. The molecule has 0 aliphatic rings. The molecular formula is C23H18Cl2O5S. The maximum atomic E-state index is 12.9. The van der Waals surface area contributed by atoms with Crippen LogP contribution in [0.25, 0.3) is 6.08 Å². The summed E-state index contributed by atoms with van der Waals surface area (Å²) in [7, 11) is -4.05. The maximum Gasteiger partial charge on any atom is 0.338 e. The lowest BCUT2D eigenvalue weighted by atomic mass is 10.1. The summed E-state index contributed by atoms with van der Waals surface area (Å²) in [4.78, 5) is 12.1. The Morgan fingerprint density at radius 1 is 1.00 bits per heavy atom. The van der Waals surface area contributed by atoms with Crippen molar-refractivity contribution in [3.63, 3.8) is 0 Å². The van der Waals surface area contributed by atoms with E-state index in [2.05, 4.69) is 0 Å². The Bertz CT molecular complexity index is 1220. The fraction of sp³-hybridized carbons (Fsp3) is 0.0870. The Balaban J connectivity index is 1.77. The third-order valence-corrected chi connectivity index (χ3v) is 6.51. The van der Waals surface area contributed by atoms with Gasteiger partial charge in [0, 0.05) is 5.02 Å². The van der Waals surface area contributed by atoms with Gasteiger partial charge in [0.15, 0.2) is 15.6 Å². The van der Waals surface area contributed by atoms with E-state index in [1.54, 1.807) is 18.2 Å². The van der Waals surface area contributed by atoms with E-state index in [0.717, 1.165) is 11.6 Å². The summed E-state index contributed by atoms with van der Waals surface area (Å²) in [5.74, 6) is -1.78. The number of hydrogen-bond donors (Lipinski definition) is 1. The van der Waals surface area contributed by atoms with Crippen LogP contribution in [-0.2, 0) is 20.3 Å². The summed E-state index contributed by atoms with van der Waals surface area (Å²) in [5, 5.41) is 9.97. The number of phenols is 1. The number of benzene rings is 3. The third kappa shape index (κ3) is 5.88. The van der Waals surface area contributed by atoms with Crippen molar-refractivity contribution < 1.29 is 23.1 Å². The van der Waals surface area contributed by atoms with Gasteiger partial charge in [-0.2, -0.15) is 0 Å². The summed E-state index contributed by atoms with van der Waals surface area (Å²) in [5.41, 5.74) is 1.31. The smallest absolute Gasteiger partial charge is 0.338 e. The van der Waals surface area contributed by atoms with Gasteiger partial charge in [-0.1, -0.05) is 77.8 Å². The molecule has 0 unspecified atom stereocenters. The minimum atomic E-state index is -4.05. The number of esters is 1. The van der Waals surface area contributed by atoms with E-state index >= 15 is 0 Å². The summed E-state index contributed by atoms with van der Waals surface area (Å²) in [6.45, 7) is 0.0273. The van der Waals surface area contributed by atoms with E-state index in [-0.39, 0.29) is 27.8 Å². The van der Waals surface area contributed by atoms with Crippen molar-refractivity contribution in [1.82, 2.24) is 0 Å². The molecule has 0 spiro atoms. The van der Waals surface area contributed by atoms with Gasteiger partial charge in [-0.3, -0.25) is 0 Å². The number of carbonyl (C=O) groups excluding carboxylic acids is 1. The van der Waals surface area contributed by atoms with Crippen molar-refractivity contribution in [3.8, 4) is 5.75 Å². The molecule has 160 valence electrons. The van der Waals surface area contributed by atoms with Crippen LogP contribution in [0.5, 0.6) is 5.75 Å². The first-order valence-corrected chi connectivity index (χ1v) is 11.6. The van der Waals surface area contributed by atoms with Crippen molar-refractivity contribution in [2.75, 3.05) is 6.61 Å². The fourth-order valence-corrected chi connectivity index (χ4v) is 5.00. The molecule has 0 heterocycles. The average molecular weight is 477 g/mol. The van der Waals surface area contributed by atoms with Crippen LogP contribution in [0.4, 0.5) is 0 Å². The van der Waals surface area contributed by atoms with Crippen molar-refractivity contribution in [3.05, 3.63) is 99.5 Å². The lowest BCUT2D eigenvalue weighted by molar-refractivity contribution is 0.0549. The van der Waals surface area contributed by atoms with Gasteiger partial charge in [0.1, 0.15) is 11.5 Å². The molecule has 0 saturated heterocycles. The van der Waals surface area contributed by atoms with Gasteiger partial charge < -0.3 is 9.84 Å². The maximum absolute atomic E-state index is 12.9. The highest BCUT2D eigenvalue weighted by molar-refractivity contribution is 7.90. The number of rotatable bonds is 7. The van der Waals surface area contributed by atoms with E-state index in [9.17, 15) is 18.3 Å². The molecule has 0 fully saturated rings. The first-order valence-electron chi connectivity index (χ1n) is 9.15.